The second-order valence-corrected chi connectivity index (χ2v) is 6.70. The molecule has 0 spiro atoms. The number of methoxy groups -OCH3 is 1. The maximum atomic E-state index is 5.85. The lowest BCUT2D eigenvalue weighted by Crippen LogP contribution is -2.07. The fourth-order valence-electron chi connectivity index (χ4n) is 2.56. The average Bonchev–Trinajstić information content (AvgIpc) is 3.21. The molecule has 0 saturated carbocycles. The summed E-state index contributed by atoms with van der Waals surface area (Å²) < 4.78 is 7.00. The molecule has 2 heterocycles. The van der Waals surface area contributed by atoms with E-state index in [4.69, 9.17) is 10.5 Å². The minimum atomic E-state index is 0.137. The molecule has 3 N–H and O–H groups in total. The predicted octanol–water partition coefficient (Wildman–Crippen LogP) is 2.47. The lowest BCUT2D eigenvalue weighted by molar-refractivity contribution is 0.410. The molecular weight excluding hydrogens is 390 g/mol. The third-order valence-electron chi connectivity index (χ3n) is 3.81. The number of nitrogens with one attached hydrogen (secondary N) is 1. The van der Waals surface area contributed by atoms with E-state index >= 15 is 0 Å². The molecule has 4 aromatic rings. The third-order valence-corrected chi connectivity index (χ3v) is 4.73. The second-order valence-electron chi connectivity index (χ2n) is 5.76. The van der Waals surface area contributed by atoms with Gasteiger partial charge >= 0.3 is 0 Å². The van der Waals surface area contributed by atoms with Gasteiger partial charge in [-0.25, -0.2) is 0 Å². The standard InChI is InChI=1S/C18H17N9OS/c1-28-14-10-6-5-9-13(14)27-18(24-25-26-27)29-11-15-21-16(19)23-17(22-15)20-12-7-3-2-4-8-12/h2-10H,11H2,1H3,(H3,19,20,21,22,23). The molecule has 0 saturated heterocycles. The van der Waals surface area contributed by atoms with Crippen LogP contribution in [0.3, 0.4) is 0 Å². The largest absolute Gasteiger partial charge is 0.494 e. The summed E-state index contributed by atoms with van der Waals surface area (Å²) in [4.78, 5) is 12.8. The number of anilines is 3. The van der Waals surface area contributed by atoms with Crippen molar-refractivity contribution in [2.45, 2.75) is 10.9 Å². The summed E-state index contributed by atoms with van der Waals surface area (Å²) in [7, 11) is 1.60. The lowest BCUT2D eigenvalue weighted by Gasteiger charge is -2.09. The molecule has 146 valence electrons. The molecule has 0 amide bonds. The normalized spacial score (nSPS) is 10.7. The highest BCUT2D eigenvalue weighted by Gasteiger charge is 2.14. The smallest absolute Gasteiger partial charge is 0.232 e. The number of thioether (sulfide) groups is 1. The Hall–Kier alpha value is -3.73. The molecule has 2 aromatic heterocycles. The number of rotatable bonds is 7. The van der Waals surface area contributed by atoms with Crippen LogP contribution in [-0.2, 0) is 5.75 Å². The van der Waals surface area contributed by atoms with Crippen LogP contribution < -0.4 is 15.8 Å². The number of hydrogen-bond acceptors (Lipinski definition) is 10. The number of para-hydroxylation sites is 3. The Balaban J connectivity index is 1.52. The molecule has 10 nitrogen and oxygen atoms in total. The minimum Gasteiger partial charge on any atom is -0.494 e. The molecule has 0 aliphatic rings. The van der Waals surface area contributed by atoms with Crippen molar-refractivity contribution in [2.24, 2.45) is 0 Å². The summed E-state index contributed by atoms with van der Waals surface area (Å²) in [6, 6.07) is 17.1. The molecule has 0 atom stereocenters. The third kappa shape index (κ3) is 4.41. The summed E-state index contributed by atoms with van der Waals surface area (Å²) in [5, 5.41) is 15.6. The minimum absolute atomic E-state index is 0.137. The topological polar surface area (TPSA) is 130 Å². The van der Waals surface area contributed by atoms with Crippen LogP contribution in [0.5, 0.6) is 5.75 Å². The van der Waals surface area contributed by atoms with Crippen LogP contribution in [-0.4, -0.2) is 42.3 Å². The van der Waals surface area contributed by atoms with Crippen LogP contribution in [0.4, 0.5) is 17.6 Å². The average molecular weight is 407 g/mol. The monoisotopic (exact) mass is 407 g/mol. The maximum absolute atomic E-state index is 5.85. The van der Waals surface area contributed by atoms with Gasteiger partial charge in [-0.3, -0.25) is 0 Å². The molecule has 11 heteroatoms. The van der Waals surface area contributed by atoms with E-state index < -0.39 is 0 Å². The number of nitrogen functional groups attached to an aromatic ring is 1. The Labute approximate surface area is 170 Å². The molecule has 29 heavy (non-hydrogen) atoms. The number of tetrazole rings is 1. The Bertz CT molecular complexity index is 1100. The van der Waals surface area contributed by atoms with Crippen molar-refractivity contribution in [1.29, 1.82) is 0 Å². The van der Waals surface area contributed by atoms with Gasteiger partial charge in [0.25, 0.3) is 0 Å². The van der Waals surface area contributed by atoms with Gasteiger partial charge in [-0.05, 0) is 34.7 Å². The van der Waals surface area contributed by atoms with Crippen LogP contribution in [0, 0.1) is 0 Å². The summed E-state index contributed by atoms with van der Waals surface area (Å²) in [6.07, 6.45) is 0. The zero-order valence-electron chi connectivity index (χ0n) is 15.4. The summed E-state index contributed by atoms with van der Waals surface area (Å²) in [5.41, 5.74) is 7.45. The van der Waals surface area contributed by atoms with Crippen molar-refractivity contribution >= 4 is 29.3 Å². The van der Waals surface area contributed by atoms with Crippen molar-refractivity contribution in [3.05, 3.63) is 60.4 Å². The lowest BCUT2D eigenvalue weighted by atomic mass is 10.3. The molecule has 0 fully saturated rings. The van der Waals surface area contributed by atoms with Crippen molar-refractivity contribution in [3.8, 4) is 11.4 Å². The number of aromatic nitrogens is 7. The van der Waals surface area contributed by atoms with E-state index in [-0.39, 0.29) is 5.95 Å². The Morgan fingerprint density at radius 1 is 1.03 bits per heavy atom. The Kier molecular flexibility index (Phi) is 5.47. The van der Waals surface area contributed by atoms with Crippen LogP contribution >= 0.6 is 11.8 Å². The second kappa shape index (κ2) is 8.52. The zero-order valence-corrected chi connectivity index (χ0v) is 16.2. The fourth-order valence-corrected chi connectivity index (χ4v) is 3.30. The molecular formula is C18H17N9OS. The van der Waals surface area contributed by atoms with Crippen molar-refractivity contribution in [3.63, 3.8) is 0 Å². The van der Waals surface area contributed by atoms with E-state index in [0.717, 1.165) is 11.4 Å². The molecule has 4 rings (SSSR count). The van der Waals surface area contributed by atoms with E-state index in [9.17, 15) is 0 Å². The van der Waals surface area contributed by atoms with Gasteiger partial charge in [-0.15, -0.1) is 5.10 Å². The highest BCUT2D eigenvalue weighted by Crippen LogP contribution is 2.27. The molecule has 2 aromatic carbocycles. The van der Waals surface area contributed by atoms with E-state index in [2.05, 4.69) is 35.8 Å². The van der Waals surface area contributed by atoms with Gasteiger partial charge in [0.05, 0.1) is 12.9 Å². The zero-order chi connectivity index (χ0) is 20.1. The van der Waals surface area contributed by atoms with Crippen LogP contribution in [0.2, 0.25) is 0 Å². The quantitative estimate of drug-likeness (QED) is 0.441. The predicted molar refractivity (Wildman–Crippen MR) is 109 cm³/mol. The molecule has 0 unspecified atom stereocenters. The number of nitrogens with two attached hydrogens (primary N) is 1. The first-order valence-corrected chi connectivity index (χ1v) is 9.58. The van der Waals surface area contributed by atoms with Crippen LogP contribution in [0.1, 0.15) is 5.82 Å². The molecule has 0 aliphatic heterocycles. The van der Waals surface area contributed by atoms with Crippen molar-refractivity contribution in [1.82, 2.24) is 35.2 Å². The van der Waals surface area contributed by atoms with Crippen molar-refractivity contribution in [2.75, 3.05) is 18.2 Å². The van der Waals surface area contributed by atoms with E-state index in [1.165, 1.54) is 11.8 Å². The van der Waals surface area contributed by atoms with Crippen molar-refractivity contribution < 1.29 is 4.74 Å². The molecule has 0 aliphatic carbocycles. The Morgan fingerprint density at radius 3 is 2.66 bits per heavy atom. The highest BCUT2D eigenvalue weighted by atomic mass is 32.2. The van der Waals surface area contributed by atoms with Gasteiger partial charge in [-0.1, -0.05) is 42.1 Å². The SMILES string of the molecule is COc1ccccc1-n1nnnc1SCc1nc(N)nc(Nc2ccccc2)n1. The Morgan fingerprint density at radius 2 is 1.83 bits per heavy atom. The number of benzene rings is 2. The summed E-state index contributed by atoms with van der Waals surface area (Å²) in [6.45, 7) is 0. The first kappa shape index (κ1) is 18.6. The summed E-state index contributed by atoms with van der Waals surface area (Å²) >= 11 is 1.38. The molecule has 0 radical (unpaired) electrons. The highest BCUT2D eigenvalue weighted by molar-refractivity contribution is 7.98. The van der Waals surface area contributed by atoms with Gasteiger partial charge in [0, 0.05) is 5.69 Å². The van der Waals surface area contributed by atoms with E-state index in [0.29, 0.717) is 28.4 Å². The van der Waals surface area contributed by atoms with Crippen LogP contribution in [0.25, 0.3) is 5.69 Å². The number of ether oxygens (including phenoxy) is 1. The van der Waals surface area contributed by atoms with Crippen LogP contribution in [0.15, 0.2) is 59.8 Å². The van der Waals surface area contributed by atoms with Gasteiger partial charge in [0.15, 0.2) is 0 Å². The number of hydrogen-bond donors (Lipinski definition) is 2. The van der Waals surface area contributed by atoms with E-state index in [1.807, 2.05) is 54.6 Å². The van der Waals surface area contributed by atoms with Gasteiger partial charge in [0.1, 0.15) is 17.3 Å². The van der Waals surface area contributed by atoms with Gasteiger partial charge in [-0.2, -0.15) is 19.6 Å². The first-order valence-electron chi connectivity index (χ1n) is 8.60. The van der Waals surface area contributed by atoms with Gasteiger partial charge in [0.2, 0.25) is 17.1 Å². The molecule has 0 bridgehead atoms. The summed E-state index contributed by atoms with van der Waals surface area (Å²) in [5.74, 6) is 2.10. The number of nitrogens with zero attached hydrogens (tertiary/aromatic N) is 7. The maximum Gasteiger partial charge on any atom is 0.232 e. The first-order chi connectivity index (χ1) is 14.2. The van der Waals surface area contributed by atoms with Gasteiger partial charge < -0.3 is 15.8 Å². The van der Waals surface area contributed by atoms with E-state index in [1.54, 1.807) is 11.8 Å². The fraction of sp³-hybridized carbons (Fsp3) is 0.111.